The SMILES string of the molecule is CC(C)(O)CN1CCN(Cc2ccsc2C(=O)O)CC1. The molecule has 0 bridgehead atoms. The Hall–Kier alpha value is -0.950. The van der Waals surface area contributed by atoms with Gasteiger partial charge in [-0.05, 0) is 30.9 Å². The Morgan fingerprint density at radius 1 is 1.30 bits per heavy atom. The highest BCUT2D eigenvalue weighted by molar-refractivity contribution is 7.12. The van der Waals surface area contributed by atoms with Crippen LogP contribution in [0, 0.1) is 0 Å². The molecule has 6 heteroatoms. The summed E-state index contributed by atoms with van der Waals surface area (Å²) in [5.74, 6) is -0.837. The van der Waals surface area contributed by atoms with Crippen LogP contribution in [0.15, 0.2) is 11.4 Å². The van der Waals surface area contributed by atoms with Gasteiger partial charge in [-0.25, -0.2) is 4.79 Å². The minimum absolute atomic E-state index is 0.448. The van der Waals surface area contributed by atoms with E-state index in [2.05, 4.69) is 9.80 Å². The third kappa shape index (κ3) is 4.28. The van der Waals surface area contributed by atoms with Crippen LogP contribution in [-0.4, -0.2) is 64.3 Å². The molecule has 1 aromatic rings. The van der Waals surface area contributed by atoms with Crippen molar-refractivity contribution in [2.45, 2.75) is 26.0 Å². The third-order valence-corrected chi connectivity index (χ3v) is 4.36. The summed E-state index contributed by atoms with van der Waals surface area (Å²) in [7, 11) is 0. The molecule has 0 saturated carbocycles. The number of carboxylic acids is 1. The molecule has 1 aliphatic heterocycles. The van der Waals surface area contributed by atoms with Crippen LogP contribution in [0.2, 0.25) is 0 Å². The van der Waals surface area contributed by atoms with Crippen molar-refractivity contribution >= 4 is 17.3 Å². The Morgan fingerprint density at radius 2 is 1.90 bits per heavy atom. The molecule has 0 spiro atoms. The van der Waals surface area contributed by atoms with Gasteiger partial charge in [-0.2, -0.15) is 0 Å². The van der Waals surface area contributed by atoms with Crippen LogP contribution in [0.4, 0.5) is 0 Å². The predicted molar refractivity (Wildman–Crippen MR) is 79.3 cm³/mol. The summed E-state index contributed by atoms with van der Waals surface area (Å²) in [6, 6.07) is 1.90. The molecule has 2 N–H and O–H groups in total. The summed E-state index contributed by atoms with van der Waals surface area (Å²) in [5.41, 5.74) is 0.241. The van der Waals surface area contributed by atoms with E-state index in [-0.39, 0.29) is 0 Å². The number of hydrogen-bond acceptors (Lipinski definition) is 5. The molecule has 0 atom stereocenters. The van der Waals surface area contributed by atoms with Crippen molar-refractivity contribution in [3.8, 4) is 0 Å². The number of piperazine rings is 1. The fraction of sp³-hybridized carbons (Fsp3) is 0.643. The van der Waals surface area contributed by atoms with Gasteiger partial charge in [0.2, 0.25) is 0 Å². The molecule has 0 radical (unpaired) electrons. The molecule has 0 aromatic carbocycles. The molecule has 2 heterocycles. The first-order valence-corrected chi connectivity index (χ1v) is 7.70. The van der Waals surface area contributed by atoms with Crippen LogP contribution >= 0.6 is 11.3 Å². The number of thiophene rings is 1. The Morgan fingerprint density at radius 3 is 2.45 bits per heavy atom. The highest BCUT2D eigenvalue weighted by Crippen LogP contribution is 2.19. The quantitative estimate of drug-likeness (QED) is 0.859. The number of nitrogens with zero attached hydrogens (tertiary/aromatic N) is 2. The molecule has 0 amide bonds. The molecular formula is C14H22N2O3S. The zero-order chi connectivity index (χ0) is 14.8. The Labute approximate surface area is 123 Å². The summed E-state index contributed by atoms with van der Waals surface area (Å²) >= 11 is 1.28. The Bertz CT molecular complexity index is 459. The lowest BCUT2D eigenvalue weighted by Crippen LogP contribution is -2.50. The summed E-state index contributed by atoms with van der Waals surface area (Å²) in [6.07, 6.45) is 0. The van der Waals surface area contributed by atoms with Gasteiger partial charge in [0.1, 0.15) is 4.88 Å². The highest BCUT2D eigenvalue weighted by atomic mass is 32.1. The van der Waals surface area contributed by atoms with Gasteiger partial charge in [0.05, 0.1) is 5.60 Å². The molecule has 1 aromatic heterocycles. The standard InChI is InChI=1S/C14H22N2O3S/c1-14(2,19)10-16-6-4-15(5-7-16)9-11-3-8-20-12(11)13(17)18/h3,8,19H,4-7,9-10H2,1-2H3,(H,17,18). The maximum absolute atomic E-state index is 11.1. The number of carbonyl (C=O) groups is 1. The summed E-state index contributed by atoms with van der Waals surface area (Å²) < 4.78 is 0. The van der Waals surface area contributed by atoms with E-state index < -0.39 is 11.6 Å². The van der Waals surface area contributed by atoms with Crippen molar-refractivity contribution in [2.75, 3.05) is 32.7 Å². The second-order valence-electron chi connectivity index (χ2n) is 5.94. The van der Waals surface area contributed by atoms with E-state index in [4.69, 9.17) is 5.11 Å². The molecule has 1 saturated heterocycles. The van der Waals surface area contributed by atoms with E-state index in [1.807, 2.05) is 25.3 Å². The van der Waals surface area contributed by atoms with E-state index in [1.54, 1.807) is 0 Å². The fourth-order valence-electron chi connectivity index (χ4n) is 2.54. The van der Waals surface area contributed by atoms with Gasteiger partial charge in [0, 0.05) is 39.3 Å². The van der Waals surface area contributed by atoms with E-state index in [1.165, 1.54) is 11.3 Å². The first kappa shape index (κ1) is 15.4. The Kier molecular flexibility index (Phi) is 4.80. The number of β-amino-alcohol motifs (C(OH)–C–C–N with tert-alkyl or cyclic N) is 1. The normalized spacial score (nSPS) is 18.4. The summed E-state index contributed by atoms with van der Waals surface area (Å²) in [4.78, 5) is 16.1. The predicted octanol–water partition coefficient (Wildman–Crippen LogP) is 1.33. The molecule has 0 aliphatic carbocycles. The second kappa shape index (κ2) is 6.22. The third-order valence-electron chi connectivity index (χ3n) is 3.41. The topological polar surface area (TPSA) is 64.0 Å². The van der Waals surface area contributed by atoms with Gasteiger partial charge in [-0.3, -0.25) is 9.80 Å². The van der Waals surface area contributed by atoms with E-state index in [0.717, 1.165) is 31.7 Å². The number of rotatable bonds is 5. The number of aliphatic hydroxyl groups is 1. The summed E-state index contributed by atoms with van der Waals surface area (Å²) in [5, 5.41) is 20.8. The molecule has 1 fully saturated rings. The molecule has 2 rings (SSSR count). The van der Waals surface area contributed by atoms with Gasteiger partial charge in [-0.15, -0.1) is 11.3 Å². The minimum atomic E-state index is -0.837. The lowest BCUT2D eigenvalue weighted by molar-refractivity contribution is 0.0166. The number of carboxylic acid groups (broad SMARTS) is 1. The zero-order valence-corrected chi connectivity index (χ0v) is 12.8. The largest absolute Gasteiger partial charge is 0.477 e. The van der Waals surface area contributed by atoms with Gasteiger partial charge in [0.15, 0.2) is 0 Å². The van der Waals surface area contributed by atoms with Gasteiger partial charge >= 0.3 is 5.97 Å². The van der Waals surface area contributed by atoms with E-state index in [9.17, 15) is 9.90 Å². The molecule has 1 aliphatic rings. The molecular weight excluding hydrogens is 276 g/mol. The van der Waals surface area contributed by atoms with Crippen LogP contribution < -0.4 is 0 Å². The maximum atomic E-state index is 11.1. The fourth-order valence-corrected chi connectivity index (χ4v) is 3.29. The smallest absolute Gasteiger partial charge is 0.346 e. The van der Waals surface area contributed by atoms with Crippen LogP contribution in [-0.2, 0) is 6.54 Å². The van der Waals surface area contributed by atoms with Crippen LogP contribution in [0.5, 0.6) is 0 Å². The monoisotopic (exact) mass is 298 g/mol. The average Bonchev–Trinajstić information content (AvgIpc) is 2.78. The van der Waals surface area contributed by atoms with Gasteiger partial charge < -0.3 is 10.2 Å². The van der Waals surface area contributed by atoms with Gasteiger partial charge in [-0.1, -0.05) is 0 Å². The molecule has 0 unspecified atom stereocenters. The number of hydrogen-bond donors (Lipinski definition) is 2. The highest BCUT2D eigenvalue weighted by Gasteiger charge is 2.23. The van der Waals surface area contributed by atoms with Crippen molar-refractivity contribution in [3.63, 3.8) is 0 Å². The zero-order valence-electron chi connectivity index (χ0n) is 12.0. The lowest BCUT2D eigenvalue weighted by Gasteiger charge is -2.37. The molecule has 5 nitrogen and oxygen atoms in total. The first-order chi connectivity index (χ1) is 9.35. The van der Waals surface area contributed by atoms with Crippen molar-refractivity contribution in [1.29, 1.82) is 0 Å². The molecule has 112 valence electrons. The molecule has 20 heavy (non-hydrogen) atoms. The van der Waals surface area contributed by atoms with Crippen molar-refractivity contribution in [3.05, 3.63) is 21.9 Å². The Balaban J connectivity index is 1.85. The first-order valence-electron chi connectivity index (χ1n) is 6.82. The van der Waals surface area contributed by atoms with Crippen molar-refractivity contribution in [2.24, 2.45) is 0 Å². The van der Waals surface area contributed by atoms with Crippen LogP contribution in [0.25, 0.3) is 0 Å². The van der Waals surface area contributed by atoms with Crippen LogP contribution in [0.1, 0.15) is 29.1 Å². The lowest BCUT2D eigenvalue weighted by atomic mass is 10.1. The minimum Gasteiger partial charge on any atom is -0.477 e. The van der Waals surface area contributed by atoms with E-state index >= 15 is 0 Å². The second-order valence-corrected chi connectivity index (χ2v) is 6.86. The van der Waals surface area contributed by atoms with Gasteiger partial charge in [0.25, 0.3) is 0 Å². The number of aromatic carboxylic acids is 1. The average molecular weight is 298 g/mol. The van der Waals surface area contributed by atoms with Crippen molar-refractivity contribution in [1.82, 2.24) is 9.80 Å². The van der Waals surface area contributed by atoms with Crippen LogP contribution in [0.3, 0.4) is 0 Å². The summed E-state index contributed by atoms with van der Waals surface area (Å²) in [6.45, 7) is 8.66. The maximum Gasteiger partial charge on any atom is 0.346 e. The van der Waals surface area contributed by atoms with E-state index in [0.29, 0.717) is 18.0 Å². The van der Waals surface area contributed by atoms with Crippen molar-refractivity contribution < 1.29 is 15.0 Å².